The van der Waals surface area contributed by atoms with Crippen molar-refractivity contribution >= 4 is 16.7 Å². The van der Waals surface area contributed by atoms with Crippen molar-refractivity contribution in [2.45, 2.75) is 0 Å². The summed E-state index contributed by atoms with van der Waals surface area (Å²) in [6, 6.07) is 24.4. The van der Waals surface area contributed by atoms with Crippen LogP contribution in [0.3, 0.4) is 0 Å². The molecule has 2 aromatic heterocycles. The molecule has 0 saturated heterocycles. The molecule has 5 nitrogen and oxygen atoms in total. The van der Waals surface area contributed by atoms with Gasteiger partial charge < -0.3 is 9.73 Å². The molecule has 2 heterocycles. The monoisotopic (exact) mass is 378 g/mol. The first-order chi connectivity index (χ1) is 14.3. The topological polar surface area (TPSA) is 63.8 Å². The lowest BCUT2D eigenvalue weighted by Crippen LogP contribution is -1.99. The largest absolute Gasteiger partial charge is 0.445 e. The number of rotatable bonds is 4. The average molecular weight is 378 g/mol. The third-order valence-electron chi connectivity index (χ3n) is 4.84. The third kappa shape index (κ3) is 3.23. The van der Waals surface area contributed by atoms with E-state index in [-0.39, 0.29) is 0 Å². The van der Waals surface area contributed by atoms with Crippen molar-refractivity contribution in [2.24, 2.45) is 0 Å². The van der Waals surface area contributed by atoms with Crippen molar-refractivity contribution in [1.82, 2.24) is 15.0 Å². The zero-order chi connectivity index (χ0) is 19.6. The fraction of sp³-hybridized carbons (Fsp3) is 0.0417. The molecule has 0 bridgehead atoms. The highest BCUT2D eigenvalue weighted by atomic mass is 16.3. The second-order valence-corrected chi connectivity index (χ2v) is 6.66. The lowest BCUT2D eigenvalue weighted by atomic mass is 10.0. The molecule has 29 heavy (non-hydrogen) atoms. The number of benzene rings is 3. The van der Waals surface area contributed by atoms with Gasteiger partial charge in [0, 0.05) is 23.6 Å². The molecule has 0 atom stereocenters. The van der Waals surface area contributed by atoms with Crippen molar-refractivity contribution in [1.29, 1.82) is 0 Å². The Morgan fingerprint density at radius 3 is 2.34 bits per heavy atom. The summed E-state index contributed by atoms with van der Waals surface area (Å²) in [4.78, 5) is 13.7. The van der Waals surface area contributed by atoms with Crippen LogP contribution in [0, 0.1) is 0 Å². The molecule has 0 aliphatic heterocycles. The van der Waals surface area contributed by atoms with Gasteiger partial charge in [-0.05, 0) is 35.4 Å². The van der Waals surface area contributed by atoms with Gasteiger partial charge in [-0.3, -0.25) is 0 Å². The van der Waals surface area contributed by atoms with E-state index >= 15 is 0 Å². The van der Waals surface area contributed by atoms with Gasteiger partial charge in [0.05, 0.1) is 11.7 Å². The minimum absolute atomic E-state index is 0.611. The second-order valence-electron chi connectivity index (χ2n) is 6.66. The van der Waals surface area contributed by atoms with Crippen LogP contribution in [-0.4, -0.2) is 22.0 Å². The van der Waals surface area contributed by atoms with Crippen LogP contribution in [-0.2, 0) is 0 Å². The van der Waals surface area contributed by atoms with Gasteiger partial charge in [-0.15, -0.1) is 0 Å². The summed E-state index contributed by atoms with van der Waals surface area (Å²) in [5.41, 5.74) is 5.00. The summed E-state index contributed by atoms with van der Waals surface area (Å²) in [6.45, 7) is 0. The van der Waals surface area contributed by atoms with E-state index in [1.54, 1.807) is 12.5 Å². The first kappa shape index (κ1) is 17.1. The number of hydrogen-bond acceptors (Lipinski definition) is 5. The maximum Gasteiger partial charge on any atom is 0.225 e. The Bertz CT molecular complexity index is 1280. The van der Waals surface area contributed by atoms with Crippen LogP contribution in [0.5, 0.6) is 0 Å². The Morgan fingerprint density at radius 1 is 0.759 bits per heavy atom. The molecule has 0 amide bonds. The Hall–Kier alpha value is -3.99. The molecule has 0 radical (unpaired) electrons. The van der Waals surface area contributed by atoms with Crippen LogP contribution in [0.15, 0.2) is 89.7 Å². The van der Waals surface area contributed by atoms with Gasteiger partial charge in [-0.1, -0.05) is 48.5 Å². The molecule has 0 aliphatic rings. The van der Waals surface area contributed by atoms with E-state index in [2.05, 4.69) is 34.6 Å². The predicted molar refractivity (Wildman–Crippen MR) is 115 cm³/mol. The number of fused-ring (bicyclic) bond motifs is 1. The molecule has 5 rings (SSSR count). The number of aromatic nitrogens is 3. The lowest BCUT2D eigenvalue weighted by Gasteiger charge is -2.10. The first-order valence-corrected chi connectivity index (χ1v) is 9.37. The minimum atomic E-state index is 0.611. The number of nitrogens with one attached hydrogen (secondary N) is 1. The SMILES string of the molecule is CNc1nc(-c2ccccc2)nc2ccc(-c3cccc(-c4ncco4)c3)cc12. The molecule has 3 aromatic carbocycles. The van der Waals surface area contributed by atoms with E-state index in [0.29, 0.717) is 11.7 Å². The van der Waals surface area contributed by atoms with Gasteiger partial charge in [0.1, 0.15) is 12.1 Å². The van der Waals surface area contributed by atoms with E-state index in [9.17, 15) is 0 Å². The first-order valence-electron chi connectivity index (χ1n) is 9.37. The molecule has 0 aliphatic carbocycles. The Labute approximate surface area is 168 Å². The third-order valence-corrected chi connectivity index (χ3v) is 4.84. The van der Waals surface area contributed by atoms with Crippen molar-refractivity contribution in [3.63, 3.8) is 0 Å². The highest BCUT2D eigenvalue weighted by Crippen LogP contribution is 2.31. The Kier molecular flexibility index (Phi) is 4.26. The number of hydrogen-bond donors (Lipinski definition) is 1. The molecule has 0 unspecified atom stereocenters. The zero-order valence-electron chi connectivity index (χ0n) is 15.8. The fourth-order valence-electron chi connectivity index (χ4n) is 3.41. The van der Waals surface area contributed by atoms with Crippen molar-refractivity contribution in [3.8, 4) is 34.0 Å². The van der Waals surface area contributed by atoms with E-state index in [4.69, 9.17) is 14.4 Å². The van der Waals surface area contributed by atoms with Crippen LogP contribution in [0.1, 0.15) is 0 Å². The summed E-state index contributed by atoms with van der Waals surface area (Å²) in [6.07, 6.45) is 3.23. The maximum absolute atomic E-state index is 5.43. The van der Waals surface area contributed by atoms with Gasteiger partial charge in [0.2, 0.25) is 5.89 Å². The maximum atomic E-state index is 5.43. The molecular weight excluding hydrogens is 360 g/mol. The minimum Gasteiger partial charge on any atom is -0.445 e. The summed E-state index contributed by atoms with van der Waals surface area (Å²) in [5.74, 6) is 2.13. The number of oxazole rings is 1. The Balaban J connectivity index is 1.62. The molecule has 140 valence electrons. The van der Waals surface area contributed by atoms with Crippen LogP contribution in [0.25, 0.3) is 44.9 Å². The summed E-state index contributed by atoms with van der Waals surface area (Å²) >= 11 is 0. The summed E-state index contributed by atoms with van der Waals surface area (Å²) in [7, 11) is 1.88. The normalized spacial score (nSPS) is 10.9. The number of anilines is 1. The summed E-state index contributed by atoms with van der Waals surface area (Å²) in [5, 5.41) is 4.19. The smallest absolute Gasteiger partial charge is 0.225 e. The van der Waals surface area contributed by atoms with Gasteiger partial charge >= 0.3 is 0 Å². The Morgan fingerprint density at radius 2 is 1.55 bits per heavy atom. The van der Waals surface area contributed by atoms with Crippen LogP contribution in [0.4, 0.5) is 5.82 Å². The van der Waals surface area contributed by atoms with E-state index in [1.165, 1.54) is 0 Å². The van der Waals surface area contributed by atoms with E-state index in [0.717, 1.165) is 39.0 Å². The molecule has 1 N–H and O–H groups in total. The molecule has 0 fully saturated rings. The van der Waals surface area contributed by atoms with Crippen LogP contribution in [0.2, 0.25) is 0 Å². The highest BCUT2D eigenvalue weighted by molar-refractivity contribution is 5.94. The lowest BCUT2D eigenvalue weighted by molar-refractivity contribution is 0.574. The highest BCUT2D eigenvalue weighted by Gasteiger charge is 2.11. The van der Waals surface area contributed by atoms with Crippen LogP contribution < -0.4 is 5.32 Å². The molecule has 5 heteroatoms. The predicted octanol–water partition coefficient (Wildman–Crippen LogP) is 5.66. The van der Waals surface area contributed by atoms with Gasteiger partial charge in [0.15, 0.2) is 5.82 Å². The van der Waals surface area contributed by atoms with Crippen molar-refractivity contribution in [2.75, 3.05) is 12.4 Å². The van der Waals surface area contributed by atoms with Crippen LogP contribution >= 0.6 is 0 Å². The molecule has 0 spiro atoms. The number of nitrogens with zero attached hydrogens (tertiary/aromatic N) is 3. The van der Waals surface area contributed by atoms with Gasteiger partial charge in [-0.2, -0.15) is 0 Å². The van der Waals surface area contributed by atoms with E-state index in [1.807, 2.05) is 55.6 Å². The van der Waals surface area contributed by atoms with Gasteiger partial charge in [-0.25, -0.2) is 15.0 Å². The summed E-state index contributed by atoms with van der Waals surface area (Å²) < 4.78 is 5.43. The van der Waals surface area contributed by atoms with Crippen molar-refractivity contribution in [3.05, 3.63) is 85.3 Å². The standard InChI is InChI=1S/C24H18N4O/c1-25-23-20-15-18(17-8-5-9-19(14-17)24-26-12-13-29-24)10-11-21(20)27-22(28-23)16-6-3-2-4-7-16/h2-15H,1H3,(H,25,27,28). The van der Waals surface area contributed by atoms with E-state index < -0.39 is 0 Å². The van der Waals surface area contributed by atoms with Gasteiger partial charge in [0.25, 0.3) is 0 Å². The second kappa shape index (κ2) is 7.20. The fourth-order valence-corrected chi connectivity index (χ4v) is 3.41. The molecular formula is C24H18N4O. The molecule has 5 aromatic rings. The zero-order valence-corrected chi connectivity index (χ0v) is 15.8. The van der Waals surface area contributed by atoms with Crippen molar-refractivity contribution < 1.29 is 4.42 Å². The molecule has 0 saturated carbocycles. The average Bonchev–Trinajstić information content (AvgIpc) is 3.34. The quantitative estimate of drug-likeness (QED) is 0.437.